The highest BCUT2D eigenvalue weighted by atomic mass is 79.9. The predicted molar refractivity (Wildman–Crippen MR) is 92.7 cm³/mol. The van der Waals surface area contributed by atoms with E-state index in [1.807, 2.05) is 44.3 Å². The molecule has 2 rings (SSSR count). The summed E-state index contributed by atoms with van der Waals surface area (Å²) in [6.45, 7) is 2.57. The van der Waals surface area contributed by atoms with Crippen LogP contribution >= 0.6 is 39.1 Å². The summed E-state index contributed by atoms with van der Waals surface area (Å²) in [5.74, 6) is 0.830. The second kappa shape index (κ2) is 7.50. The van der Waals surface area contributed by atoms with Gasteiger partial charge in [0.1, 0.15) is 5.75 Å². The van der Waals surface area contributed by atoms with Crippen LogP contribution in [0.3, 0.4) is 0 Å². The Balaban J connectivity index is 2.55. The Bertz CT molecular complexity index is 634. The maximum atomic E-state index is 6.36. The minimum Gasteiger partial charge on any atom is -0.494 e. The molecule has 112 valence electrons. The number of benzene rings is 2. The maximum Gasteiger partial charge on any atom is 0.124 e. The Kier molecular flexibility index (Phi) is 5.94. The molecule has 1 atom stereocenters. The van der Waals surface area contributed by atoms with Crippen molar-refractivity contribution in [2.75, 3.05) is 13.7 Å². The molecule has 1 unspecified atom stereocenters. The highest BCUT2D eigenvalue weighted by Gasteiger charge is 2.20. The van der Waals surface area contributed by atoms with E-state index in [4.69, 9.17) is 27.9 Å². The normalized spacial score (nSPS) is 12.2. The quantitative estimate of drug-likeness (QED) is 0.733. The Hall–Kier alpha value is -0.740. The van der Waals surface area contributed by atoms with Gasteiger partial charge in [0.05, 0.1) is 22.7 Å². The van der Waals surface area contributed by atoms with Crippen LogP contribution in [-0.4, -0.2) is 13.7 Å². The predicted octanol–water partition coefficient (Wildman–Crippen LogP) is 5.46. The van der Waals surface area contributed by atoms with Gasteiger partial charge in [-0.1, -0.05) is 51.3 Å². The lowest BCUT2D eigenvalue weighted by atomic mass is 9.98. The van der Waals surface area contributed by atoms with Crippen LogP contribution in [0.15, 0.2) is 40.9 Å². The first-order valence-electron chi connectivity index (χ1n) is 6.61. The molecule has 0 aliphatic carbocycles. The first-order valence-corrected chi connectivity index (χ1v) is 8.16. The van der Waals surface area contributed by atoms with Crippen LogP contribution in [0.1, 0.15) is 24.1 Å². The van der Waals surface area contributed by atoms with Crippen molar-refractivity contribution in [1.29, 1.82) is 0 Å². The van der Waals surface area contributed by atoms with Crippen LogP contribution in [0.2, 0.25) is 10.0 Å². The van der Waals surface area contributed by atoms with E-state index in [1.54, 1.807) is 6.07 Å². The molecule has 1 N–H and O–H groups in total. The summed E-state index contributed by atoms with van der Waals surface area (Å²) in [5.41, 5.74) is 1.93. The summed E-state index contributed by atoms with van der Waals surface area (Å²) >= 11 is 16.0. The van der Waals surface area contributed by atoms with Gasteiger partial charge in [-0.25, -0.2) is 0 Å². The van der Waals surface area contributed by atoms with Crippen molar-refractivity contribution in [1.82, 2.24) is 5.32 Å². The minimum atomic E-state index is -0.102. The zero-order valence-electron chi connectivity index (χ0n) is 11.8. The van der Waals surface area contributed by atoms with Crippen molar-refractivity contribution in [2.45, 2.75) is 13.0 Å². The van der Waals surface area contributed by atoms with E-state index in [0.717, 1.165) is 21.3 Å². The van der Waals surface area contributed by atoms with Crippen molar-refractivity contribution in [2.24, 2.45) is 0 Å². The molecular weight excluding hydrogens is 373 g/mol. The molecule has 0 spiro atoms. The van der Waals surface area contributed by atoms with E-state index in [-0.39, 0.29) is 6.04 Å². The molecule has 21 heavy (non-hydrogen) atoms. The molecule has 0 aliphatic heterocycles. The topological polar surface area (TPSA) is 21.3 Å². The Morgan fingerprint density at radius 1 is 1.19 bits per heavy atom. The maximum absolute atomic E-state index is 6.36. The molecule has 0 saturated carbocycles. The molecule has 2 aromatic rings. The molecule has 0 heterocycles. The van der Waals surface area contributed by atoms with E-state index < -0.39 is 0 Å². The number of hydrogen-bond donors (Lipinski definition) is 1. The van der Waals surface area contributed by atoms with Gasteiger partial charge < -0.3 is 10.1 Å². The highest BCUT2D eigenvalue weighted by molar-refractivity contribution is 9.10. The minimum absolute atomic E-state index is 0.102. The Morgan fingerprint density at radius 3 is 2.62 bits per heavy atom. The van der Waals surface area contributed by atoms with E-state index >= 15 is 0 Å². The molecule has 0 saturated heterocycles. The summed E-state index contributed by atoms with van der Waals surface area (Å²) in [5, 5.41) is 4.39. The SMILES string of the molecule is CCOc1ccc(Br)cc1C(NC)c1cccc(Cl)c1Cl. The summed E-state index contributed by atoms with van der Waals surface area (Å²) in [6, 6.07) is 11.5. The second-order valence-electron chi connectivity index (χ2n) is 4.48. The monoisotopic (exact) mass is 387 g/mol. The average molecular weight is 389 g/mol. The van der Waals surface area contributed by atoms with Gasteiger partial charge in [-0.3, -0.25) is 0 Å². The van der Waals surface area contributed by atoms with Crippen molar-refractivity contribution < 1.29 is 4.74 Å². The van der Waals surface area contributed by atoms with Gasteiger partial charge in [-0.15, -0.1) is 0 Å². The smallest absolute Gasteiger partial charge is 0.124 e. The van der Waals surface area contributed by atoms with Gasteiger partial charge in [0.2, 0.25) is 0 Å². The summed E-state index contributed by atoms with van der Waals surface area (Å²) in [7, 11) is 1.89. The van der Waals surface area contributed by atoms with Gasteiger partial charge in [0.15, 0.2) is 0 Å². The van der Waals surface area contributed by atoms with E-state index in [1.165, 1.54) is 0 Å². The number of hydrogen-bond acceptors (Lipinski definition) is 2. The van der Waals surface area contributed by atoms with Gasteiger partial charge >= 0.3 is 0 Å². The largest absolute Gasteiger partial charge is 0.494 e. The third kappa shape index (κ3) is 3.72. The lowest BCUT2D eigenvalue weighted by Gasteiger charge is -2.22. The molecule has 2 aromatic carbocycles. The van der Waals surface area contributed by atoms with E-state index in [2.05, 4.69) is 21.2 Å². The van der Waals surface area contributed by atoms with Gasteiger partial charge in [-0.05, 0) is 43.8 Å². The summed E-state index contributed by atoms with van der Waals surface area (Å²) in [4.78, 5) is 0. The molecular formula is C16H16BrCl2NO. The van der Waals surface area contributed by atoms with Crippen LogP contribution in [0.5, 0.6) is 5.75 Å². The first-order chi connectivity index (χ1) is 10.1. The number of halogens is 3. The fourth-order valence-corrected chi connectivity index (χ4v) is 3.05. The number of ether oxygens (including phenoxy) is 1. The van der Waals surface area contributed by atoms with Crippen LogP contribution in [0.4, 0.5) is 0 Å². The van der Waals surface area contributed by atoms with E-state index in [9.17, 15) is 0 Å². The van der Waals surface area contributed by atoms with Crippen molar-refractivity contribution in [3.05, 3.63) is 62.0 Å². The fraction of sp³-hybridized carbons (Fsp3) is 0.250. The fourth-order valence-electron chi connectivity index (χ4n) is 2.25. The number of nitrogens with one attached hydrogen (secondary N) is 1. The van der Waals surface area contributed by atoms with Crippen LogP contribution in [-0.2, 0) is 0 Å². The molecule has 0 bridgehead atoms. The summed E-state index contributed by atoms with van der Waals surface area (Å²) in [6.07, 6.45) is 0. The van der Waals surface area contributed by atoms with Crippen molar-refractivity contribution >= 4 is 39.1 Å². The van der Waals surface area contributed by atoms with Gasteiger partial charge in [0, 0.05) is 10.0 Å². The van der Waals surface area contributed by atoms with Crippen molar-refractivity contribution in [3.8, 4) is 5.75 Å². The highest BCUT2D eigenvalue weighted by Crippen LogP contribution is 2.37. The second-order valence-corrected chi connectivity index (χ2v) is 6.18. The lowest BCUT2D eigenvalue weighted by Crippen LogP contribution is -2.19. The average Bonchev–Trinajstić information content (AvgIpc) is 2.47. The molecule has 0 aromatic heterocycles. The zero-order valence-corrected chi connectivity index (χ0v) is 14.9. The van der Waals surface area contributed by atoms with Gasteiger partial charge in [-0.2, -0.15) is 0 Å². The Labute approximate surface area is 143 Å². The van der Waals surface area contributed by atoms with Crippen LogP contribution in [0.25, 0.3) is 0 Å². The molecule has 5 heteroatoms. The Morgan fingerprint density at radius 2 is 1.95 bits per heavy atom. The first kappa shape index (κ1) is 16.6. The molecule has 0 aliphatic rings. The molecule has 2 nitrogen and oxygen atoms in total. The number of rotatable bonds is 5. The molecule has 0 radical (unpaired) electrons. The molecule has 0 amide bonds. The van der Waals surface area contributed by atoms with Crippen molar-refractivity contribution in [3.63, 3.8) is 0 Å². The standard InChI is InChI=1S/C16H16BrCl2NO/c1-3-21-14-8-7-10(17)9-12(14)16(20-2)11-5-4-6-13(18)15(11)19/h4-9,16,20H,3H2,1-2H3. The lowest BCUT2D eigenvalue weighted by molar-refractivity contribution is 0.334. The summed E-state index contributed by atoms with van der Waals surface area (Å²) < 4.78 is 6.72. The third-order valence-corrected chi connectivity index (χ3v) is 4.49. The van der Waals surface area contributed by atoms with Gasteiger partial charge in [0.25, 0.3) is 0 Å². The van der Waals surface area contributed by atoms with Crippen LogP contribution in [0, 0.1) is 0 Å². The molecule has 0 fully saturated rings. The zero-order chi connectivity index (χ0) is 15.4. The van der Waals surface area contributed by atoms with E-state index in [0.29, 0.717) is 16.7 Å². The third-order valence-electron chi connectivity index (χ3n) is 3.16. The van der Waals surface area contributed by atoms with Crippen LogP contribution < -0.4 is 10.1 Å².